The summed E-state index contributed by atoms with van der Waals surface area (Å²) in [5, 5.41) is 3.56. The average Bonchev–Trinajstić information content (AvgIpc) is 2.75. The Morgan fingerprint density at radius 1 is 0.967 bits per heavy atom. The number of hydrogen-bond acceptors (Lipinski definition) is 5. The van der Waals surface area contributed by atoms with Gasteiger partial charge >= 0.3 is 0 Å². The molecule has 0 fully saturated rings. The van der Waals surface area contributed by atoms with E-state index in [9.17, 15) is 8.42 Å². The van der Waals surface area contributed by atoms with Gasteiger partial charge in [0.05, 0.1) is 24.2 Å². The Bertz CT molecular complexity index is 954. The van der Waals surface area contributed by atoms with Gasteiger partial charge in [-0.2, -0.15) is 4.31 Å². The molecule has 30 heavy (non-hydrogen) atoms. The minimum absolute atomic E-state index is 0.0196. The number of ether oxygens (including phenoxy) is 2. The van der Waals surface area contributed by atoms with E-state index in [0.717, 1.165) is 35.6 Å². The highest BCUT2D eigenvalue weighted by atomic mass is 32.2. The van der Waals surface area contributed by atoms with E-state index in [0.29, 0.717) is 31.2 Å². The van der Waals surface area contributed by atoms with Crippen molar-refractivity contribution in [2.45, 2.75) is 45.1 Å². The van der Waals surface area contributed by atoms with Crippen LogP contribution in [-0.4, -0.2) is 45.6 Å². The van der Waals surface area contributed by atoms with E-state index in [4.69, 9.17) is 9.47 Å². The van der Waals surface area contributed by atoms with Crippen molar-refractivity contribution in [3.8, 4) is 11.5 Å². The van der Waals surface area contributed by atoms with Crippen LogP contribution in [0, 0.1) is 0 Å². The van der Waals surface area contributed by atoms with Crippen molar-refractivity contribution < 1.29 is 17.9 Å². The molecule has 1 aliphatic heterocycles. The van der Waals surface area contributed by atoms with Gasteiger partial charge in [-0.1, -0.05) is 26.0 Å². The molecular formula is C23H32N2O4S. The fourth-order valence-electron chi connectivity index (χ4n) is 3.94. The second kappa shape index (κ2) is 9.81. The first kappa shape index (κ1) is 22.6. The van der Waals surface area contributed by atoms with Gasteiger partial charge in [-0.15, -0.1) is 0 Å². The summed E-state index contributed by atoms with van der Waals surface area (Å²) in [6, 6.07) is 11.3. The number of nitrogens with one attached hydrogen (secondary N) is 1. The molecule has 1 aliphatic rings. The molecule has 0 radical (unpaired) electrons. The first-order valence-electron chi connectivity index (χ1n) is 10.7. The second-order valence-electron chi connectivity index (χ2n) is 7.16. The largest absolute Gasteiger partial charge is 0.490 e. The molecule has 1 atom stereocenters. The quantitative estimate of drug-likeness (QED) is 0.654. The van der Waals surface area contributed by atoms with Crippen LogP contribution >= 0.6 is 0 Å². The van der Waals surface area contributed by atoms with Crippen molar-refractivity contribution in [2.24, 2.45) is 0 Å². The predicted molar refractivity (Wildman–Crippen MR) is 119 cm³/mol. The zero-order chi connectivity index (χ0) is 21.7. The van der Waals surface area contributed by atoms with Crippen LogP contribution in [0.2, 0.25) is 0 Å². The predicted octanol–water partition coefficient (Wildman–Crippen LogP) is 3.75. The van der Waals surface area contributed by atoms with Gasteiger partial charge in [0.2, 0.25) is 10.0 Å². The van der Waals surface area contributed by atoms with E-state index < -0.39 is 10.0 Å². The average molecular weight is 433 g/mol. The number of sulfonamides is 1. The lowest BCUT2D eigenvalue weighted by molar-refractivity contribution is 0.286. The molecule has 0 saturated carbocycles. The van der Waals surface area contributed by atoms with Crippen LogP contribution in [0.5, 0.6) is 11.5 Å². The van der Waals surface area contributed by atoms with Crippen LogP contribution < -0.4 is 14.8 Å². The van der Waals surface area contributed by atoms with Crippen molar-refractivity contribution in [3.05, 3.63) is 53.1 Å². The third kappa shape index (κ3) is 4.48. The number of hydrogen-bond donors (Lipinski definition) is 1. The molecule has 164 valence electrons. The van der Waals surface area contributed by atoms with E-state index in [1.54, 1.807) is 12.1 Å². The number of benzene rings is 2. The van der Waals surface area contributed by atoms with Crippen molar-refractivity contribution in [1.82, 2.24) is 9.62 Å². The van der Waals surface area contributed by atoms with Crippen LogP contribution in [0.3, 0.4) is 0 Å². The lowest BCUT2D eigenvalue weighted by Crippen LogP contribution is -2.31. The third-order valence-electron chi connectivity index (χ3n) is 5.42. The van der Waals surface area contributed by atoms with Gasteiger partial charge in [0.25, 0.3) is 0 Å². The van der Waals surface area contributed by atoms with Crippen molar-refractivity contribution in [3.63, 3.8) is 0 Å². The summed E-state index contributed by atoms with van der Waals surface area (Å²) in [5.41, 5.74) is 3.40. The summed E-state index contributed by atoms with van der Waals surface area (Å²) in [6.45, 7) is 10.5. The lowest BCUT2D eigenvalue weighted by atomic mass is 9.89. The van der Waals surface area contributed by atoms with Crippen molar-refractivity contribution in [1.29, 1.82) is 0 Å². The Kier molecular flexibility index (Phi) is 7.39. The Balaban J connectivity index is 1.96. The smallest absolute Gasteiger partial charge is 0.243 e. The molecule has 0 amide bonds. The summed E-state index contributed by atoms with van der Waals surface area (Å²) in [7, 11) is -3.46. The molecule has 1 heterocycles. The van der Waals surface area contributed by atoms with Gasteiger partial charge in [-0.25, -0.2) is 8.42 Å². The zero-order valence-electron chi connectivity index (χ0n) is 18.3. The molecule has 2 aromatic carbocycles. The fraction of sp³-hybridized carbons (Fsp3) is 0.478. The highest BCUT2D eigenvalue weighted by Gasteiger charge is 2.26. The Labute approximate surface area is 180 Å². The summed E-state index contributed by atoms with van der Waals surface area (Å²) in [4.78, 5) is 0.327. The zero-order valence-corrected chi connectivity index (χ0v) is 19.1. The Morgan fingerprint density at radius 2 is 1.57 bits per heavy atom. The molecule has 1 N–H and O–H groups in total. The maximum atomic E-state index is 12.8. The molecule has 3 rings (SSSR count). The third-order valence-corrected chi connectivity index (χ3v) is 7.48. The molecule has 0 aliphatic carbocycles. The lowest BCUT2D eigenvalue weighted by Gasteiger charge is -2.29. The van der Waals surface area contributed by atoms with Gasteiger partial charge in [-0.05, 0) is 61.2 Å². The van der Waals surface area contributed by atoms with E-state index in [1.807, 2.05) is 39.8 Å². The number of fused-ring (bicyclic) bond motifs is 1. The number of rotatable bonds is 9. The Hall–Kier alpha value is -2.09. The first-order valence-corrected chi connectivity index (χ1v) is 12.2. The molecule has 0 spiro atoms. The highest BCUT2D eigenvalue weighted by molar-refractivity contribution is 7.89. The van der Waals surface area contributed by atoms with Crippen molar-refractivity contribution >= 4 is 10.0 Å². The van der Waals surface area contributed by atoms with E-state index in [-0.39, 0.29) is 6.04 Å². The Morgan fingerprint density at radius 3 is 2.13 bits per heavy atom. The van der Waals surface area contributed by atoms with Gasteiger partial charge in [0, 0.05) is 19.6 Å². The van der Waals surface area contributed by atoms with Gasteiger partial charge < -0.3 is 14.8 Å². The molecule has 7 heteroatoms. The SMILES string of the molecule is CCOc1cc2c(cc1OCC)C(c1ccc(S(=O)(=O)N(CC)CC)cc1)NCC2. The minimum Gasteiger partial charge on any atom is -0.490 e. The van der Waals surface area contributed by atoms with E-state index >= 15 is 0 Å². The fourth-order valence-corrected chi connectivity index (χ4v) is 5.40. The second-order valence-corrected chi connectivity index (χ2v) is 9.10. The molecule has 6 nitrogen and oxygen atoms in total. The number of nitrogens with zero attached hydrogens (tertiary/aromatic N) is 1. The van der Waals surface area contributed by atoms with Gasteiger partial charge in [-0.3, -0.25) is 0 Å². The molecule has 0 aromatic heterocycles. The van der Waals surface area contributed by atoms with Crippen LogP contribution in [-0.2, 0) is 16.4 Å². The topological polar surface area (TPSA) is 67.9 Å². The highest BCUT2D eigenvalue weighted by Crippen LogP contribution is 2.38. The first-order chi connectivity index (χ1) is 14.5. The maximum absolute atomic E-state index is 12.8. The molecule has 0 saturated heterocycles. The van der Waals surface area contributed by atoms with Crippen molar-refractivity contribution in [2.75, 3.05) is 32.8 Å². The van der Waals surface area contributed by atoms with Crippen LogP contribution in [0.1, 0.15) is 50.4 Å². The molecular weight excluding hydrogens is 400 g/mol. The summed E-state index contributed by atoms with van der Waals surface area (Å²) < 4.78 is 38.6. The molecule has 0 bridgehead atoms. The van der Waals surface area contributed by atoms with Gasteiger partial charge in [0.15, 0.2) is 11.5 Å². The van der Waals surface area contributed by atoms with Gasteiger partial charge in [0.1, 0.15) is 0 Å². The van der Waals surface area contributed by atoms with E-state index in [1.165, 1.54) is 9.87 Å². The van der Waals surface area contributed by atoms with E-state index in [2.05, 4.69) is 17.4 Å². The molecule has 1 unspecified atom stereocenters. The standard InChI is InChI=1S/C23H32N2O4S/c1-5-25(6-2)30(26,27)19-11-9-17(10-12-19)23-20-16-22(29-8-4)21(28-7-3)15-18(20)13-14-24-23/h9-12,15-16,23-24H,5-8,13-14H2,1-4H3. The summed E-state index contributed by atoms with van der Waals surface area (Å²) in [6.07, 6.45) is 0.909. The monoisotopic (exact) mass is 432 g/mol. The van der Waals surface area contributed by atoms with Crippen LogP contribution in [0.25, 0.3) is 0 Å². The summed E-state index contributed by atoms with van der Waals surface area (Å²) in [5.74, 6) is 1.52. The summed E-state index contributed by atoms with van der Waals surface area (Å²) >= 11 is 0. The minimum atomic E-state index is -3.46. The van der Waals surface area contributed by atoms with Crippen LogP contribution in [0.4, 0.5) is 0 Å². The maximum Gasteiger partial charge on any atom is 0.243 e. The van der Waals surface area contributed by atoms with Crippen LogP contribution in [0.15, 0.2) is 41.3 Å². The molecule has 2 aromatic rings. The normalized spacial score (nSPS) is 16.4.